The first-order chi connectivity index (χ1) is 9.74. The van der Waals surface area contributed by atoms with Gasteiger partial charge in [0.05, 0.1) is 6.54 Å². The molecule has 0 radical (unpaired) electrons. The minimum atomic E-state index is -0.783. The Bertz CT molecular complexity index is 597. The normalized spacial score (nSPS) is 19.3. The number of hydrogen-bond acceptors (Lipinski definition) is 5. The third-order valence-corrected chi connectivity index (χ3v) is 3.48. The predicted molar refractivity (Wildman–Crippen MR) is 70.8 cm³/mol. The van der Waals surface area contributed by atoms with E-state index in [0.717, 1.165) is 18.5 Å². The summed E-state index contributed by atoms with van der Waals surface area (Å²) in [4.78, 5) is 17.3. The lowest BCUT2D eigenvalue weighted by Gasteiger charge is -2.18. The van der Waals surface area contributed by atoms with Crippen LogP contribution in [0.2, 0.25) is 0 Å². The molecular formula is C14H15N3O3. The van der Waals surface area contributed by atoms with Crippen LogP contribution in [0.4, 0.5) is 0 Å². The van der Waals surface area contributed by atoms with Gasteiger partial charge in [-0.25, -0.2) is 0 Å². The van der Waals surface area contributed by atoms with Crippen molar-refractivity contribution in [2.45, 2.75) is 25.4 Å². The Morgan fingerprint density at radius 3 is 2.95 bits per heavy atom. The van der Waals surface area contributed by atoms with E-state index in [4.69, 9.17) is 9.63 Å². The Labute approximate surface area is 116 Å². The number of aliphatic carboxylic acids is 1. The second-order valence-electron chi connectivity index (χ2n) is 4.85. The van der Waals surface area contributed by atoms with Crippen LogP contribution in [0.5, 0.6) is 0 Å². The van der Waals surface area contributed by atoms with Crippen LogP contribution in [0.15, 0.2) is 34.9 Å². The zero-order valence-electron chi connectivity index (χ0n) is 10.9. The summed E-state index contributed by atoms with van der Waals surface area (Å²) < 4.78 is 5.22. The number of hydrogen-bond donors (Lipinski definition) is 1. The zero-order chi connectivity index (χ0) is 13.9. The van der Waals surface area contributed by atoms with Crippen LogP contribution in [0.25, 0.3) is 11.5 Å². The molecule has 1 aromatic carbocycles. The van der Waals surface area contributed by atoms with E-state index in [1.54, 1.807) is 0 Å². The van der Waals surface area contributed by atoms with Crippen LogP contribution in [0.3, 0.4) is 0 Å². The van der Waals surface area contributed by atoms with Crippen molar-refractivity contribution in [3.63, 3.8) is 0 Å². The molecule has 1 aliphatic heterocycles. The average molecular weight is 273 g/mol. The minimum absolute atomic E-state index is 0.410. The van der Waals surface area contributed by atoms with Crippen molar-refractivity contribution < 1.29 is 14.4 Å². The fourth-order valence-corrected chi connectivity index (χ4v) is 2.49. The number of carboxylic acid groups (broad SMARTS) is 1. The van der Waals surface area contributed by atoms with Gasteiger partial charge in [-0.15, -0.1) is 0 Å². The van der Waals surface area contributed by atoms with E-state index < -0.39 is 12.0 Å². The molecule has 0 saturated carbocycles. The lowest BCUT2D eigenvalue weighted by atomic mass is 10.2. The Hall–Kier alpha value is -2.21. The fourth-order valence-electron chi connectivity index (χ4n) is 2.49. The van der Waals surface area contributed by atoms with Crippen molar-refractivity contribution in [1.29, 1.82) is 0 Å². The molecule has 1 saturated heterocycles. The highest BCUT2D eigenvalue weighted by Crippen LogP contribution is 2.21. The number of benzene rings is 1. The van der Waals surface area contributed by atoms with Gasteiger partial charge >= 0.3 is 5.97 Å². The molecule has 0 amide bonds. The summed E-state index contributed by atoms with van der Waals surface area (Å²) >= 11 is 0. The van der Waals surface area contributed by atoms with Crippen LogP contribution < -0.4 is 0 Å². The maximum absolute atomic E-state index is 11.1. The Morgan fingerprint density at radius 2 is 2.20 bits per heavy atom. The number of rotatable bonds is 4. The van der Waals surface area contributed by atoms with Crippen LogP contribution in [0.1, 0.15) is 18.7 Å². The summed E-state index contributed by atoms with van der Waals surface area (Å²) in [5.74, 6) is 0.206. The van der Waals surface area contributed by atoms with E-state index in [-0.39, 0.29) is 0 Å². The molecule has 2 heterocycles. The van der Waals surface area contributed by atoms with Gasteiger partial charge in [0.1, 0.15) is 6.04 Å². The molecule has 0 bridgehead atoms. The van der Waals surface area contributed by atoms with E-state index >= 15 is 0 Å². The van der Waals surface area contributed by atoms with Gasteiger partial charge in [0, 0.05) is 5.56 Å². The summed E-state index contributed by atoms with van der Waals surface area (Å²) in [6, 6.07) is 9.08. The Kier molecular flexibility index (Phi) is 3.47. The molecule has 1 fully saturated rings. The summed E-state index contributed by atoms with van der Waals surface area (Å²) in [6.45, 7) is 1.17. The van der Waals surface area contributed by atoms with Gasteiger partial charge in [0.15, 0.2) is 5.82 Å². The number of aromatic nitrogens is 2. The van der Waals surface area contributed by atoms with Crippen LogP contribution in [0, 0.1) is 0 Å². The number of nitrogens with zero attached hydrogens (tertiary/aromatic N) is 3. The Balaban J connectivity index is 1.73. The van der Waals surface area contributed by atoms with E-state index in [1.807, 2.05) is 35.2 Å². The first-order valence-corrected chi connectivity index (χ1v) is 6.59. The van der Waals surface area contributed by atoms with Crippen molar-refractivity contribution in [2.24, 2.45) is 0 Å². The second-order valence-corrected chi connectivity index (χ2v) is 4.85. The average Bonchev–Trinajstić information content (AvgIpc) is 3.09. The molecule has 1 N–H and O–H groups in total. The molecule has 0 aliphatic carbocycles. The molecule has 0 spiro atoms. The van der Waals surface area contributed by atoms with Crippen LogP contribution in [-0.4, -0.2) is 38.7 Å². The van der Waals surface area contributed by atoms with Crippen molar-refractivity contribution >= 4 is 5.97 Å². The van der Waals surface area contributed by atoms with E-state index in [9.17, 15) is 4.79 Å². The summed E-state index contributed by atoms with van der Waals surface area (Å²) in [7, 11) is 0. The molecule has 20 heavy (non-hydrogen) atoms. The second kappa shape index (κ2) is 5.42. The lowest BCUT2D eigenvalue weighted by Crippen LogP contribution is -2.35. The summed E-state index contributed by atoms with van der Waals surface area (Å²) in [5.41, 5.74) is 0.863. The van der Waals surface area contributed by atoms with E-state index in [1.165, 1.54) is 0 Å². The third-order valence-electron chi connectivity index (χ3n) is 3.48. The van der Waals surface area contributed by atoms with Gasteiger partial charge in [0.2, 0.25) is 0 Å². The number of carbonyl (C=O) groups is 1. The van der Waals surface area contributed by atoms with Crippen molar-refractivity contribution in [3.8, 4) is 11.5 Å². The highest BCUT2D eigenvalue weighted by molar-refractivity contribution is 5.73. The highest BCUT2D eigenvalue weighted by Gasteiger charge is 2.31. The lowest BCUT2D eigenvalue weighted by molar-refractivity contribution is -0.142. The third kappa shape index (κ3) is 2.55. The molecular weight excluding hydrogens is 258 g/mol. The first kappa shape index (κ1) is 12.8. The molecule has 1 aliphatic rings. The number of likely N-dealkylation sites (tertiary alicyclic amines) is 1. The number of carboxylic acids is 1. The van der Waals surface area contributed by atoms with Gasteiger partial charge in [-0.2, -0.15) is 4.98 Å². The molecule has 1 aromatic heterocycles. The highest BCUT2D eigenvalue weighted by atomic mass is 16.5. The van der Waals surface area contributed by atoms with E-state index in [2.05, 4.69) is 10.1 Å². The van der Waals surface area contributed by atoms with Gasteiger partial charge in [-0.05, 0) is 31.5 Å². The summed E-state index contributed by atoms with van der Waals surface area (Å²) in [6.07, 6.45) is 1.57. The molecule has 0 unspecified atom stereocenters. The predicted octanol–water partition coefficient (Wildman–Crippen LogP) is 1.79. The molecule has 6 nitrogen and oxygen atoms in total. The van der Waals surface area contributed by atoms with Gasteiger partial charge in [-0.1, -0.05) is 23.4 Å². The standard InChI is InChI=1S/C14H15N3O3/c18-14(19)11-7-4-8-17(11)9-12-15-13(20-16-12)10-5-2-1-3-6-10/h1-3,5-6,11H,4,7-9H2,(H,18,19)/t11-/m1/s1. The quantitative estimate of drug-likeness (QED) is 0.914. The van der Waals surface area contributed by atoms with Crippen molar-refractivity contribution in [2.75, 3.05) is 6.54 Å². The molecule has 2 aromatic rings. The SMILES string of the molecule is O=C(O)[C@H]1CCCN1Cc1noc(-c2ccccc2)n1. The minimum Gasteiger partial charge on any atom is -0.480 e. The maximum Gasteiger partial charge on any atom is 0.320 e. The van der Waals surface area contributed by atoms with Crippen LogP contribution >= 0.6 is 0 Å². The first-order valence-electron chi connectivity index (χ1n) is 6.59. The van der Waals surface area contributed by atoms with Gasteiger partial charge < -0.3 is 9.63 Å². The Morgan fingerprint density at radius 1 is 1.40 bits per heavy atom. The largest absolute Gasteiger partial charge is 0.480 e. The van der Waals surface area contributed by atoms with Crippen LogP contribution in [-0.2, 0) is 11.3 Å². The zero-order valence-corrected chi connectivity index (χ0v) is 10.9. The van der Waals surface area contributed by atoms with Gasteiger partial charge in [-0.3, -0.25) is 9.69 Å². The fraction of sp³-hybridized carbons (Fsp3) is 0.357. The summed E-state index contributed by atoms with van der Waals surface area (Å²) in [5, 5.41) is 13.1. The smallest absolute Gasteiger partial charge is 0.320 e. The molecule has 6 heteroatoms. The monoisotopic (exact) mass is 273 g/mol. The molecule has 3 rings (SSSR count). The van der Waals surface area contributed by atoms with Gasteiger partial charge in [0.25, 0.3) is 5.89 Å². The maximum atomic E-state index is 11.1. The van der Waals surface area contributed by atoms with E-state index in [0.29, 0.717) is 24.7 Å². The van der Waals surface area contributed by atoms with Crippen molar-refractivity contribution in [3.05, 3.63) is 36.2 Å². The molecule has 104 valence electrons. The topological polar surface area (TPSA) is 79.5 Å². The van der Waals surface area contributed by atoms with Crippen molar-refractivity contribution in [1.82, 2.24) is 15.0 Å². The molecule has 1 atom stereocenters.